The van der Waals surface area contributed by atoms with Crippen LogP contribution in [0.25, 0.3) is 0 Å². The Morgan fingerprint density at radius 2 is 2.32 bits per heavy atom. The lowest BCUT2D eigenvalue weighted by Crippen LogP contribution is -2.38. The molecule has 3 heterocycles. The molecule has 2 aromatic heterocycles. The van der Waals surface area contributed by atoms with E-state index < -0.39 is 0 Å². The fourth-order valence-corrected chi connectivity index (χ4v) is 3.80. The van der Waals surface area contributed by atoms with E-state index in [4.69, 9.17) is 4.42 Å². The van der Waals surface area contributed by atoms with E-state index in [1.807, 2.05) is 25.5 Å². The van der Waals surface area contributed by atoms with Crippen molar-refractivity contribution >= 4 is 23.2 Å². The van der Waals surface area contributed by atoms with Gasteiger partial charge in [0, 0.05) is 19.5 Å². The third-order valence-electron chi connectivity index (χ3n) is 4.53. The van der Waals surface area contributed by atoms with Crippen LogP contribution in [0.4, 0.5) is 0 Å². The zero-order valence-electron chi connectivity index (χ0n) is 14.5. The van der Waals surface area contributed by atoms with Crippen molar-refractivity contribution in [2.75, 3.05) is 27.2 Å². The quantitative estimate of drug-likeness (QED) is 0.820. The molecule has 1 saturated heterocycles. The second kappa shape index (κ2) is 7.84. The van der Waals surface area contributed by atoms with E-state index in [1.54, 1.807) is 28.6 Å². The number of carbonyl (C=O) groups excluding carboxylic acids is 2. The minimum atomic E-state index is -0.298. The first kappa shape index (κ1) is 17.7. The van der Waals surface area contributed by atoms with Gasteiger partial charge in [0.15, 0.2) is 0 Å². The highest BCUT2D eigenvalue weighted by atomic mass is 32.1. The van der Waals surface area contributed by atoms with Crippen molar-refractivity contribution in [3.05, 3.63) is 46.5 Å². The third-order valence-corrected chi connectivity index (χ3v) is 5.23. The second-order valence-corrected chi connectivity index (χ2v) is 7.32. The van der Waals surface area contributed by atoms with Crippen LogP contribution in [0.2, 0.25) is 0 Å². The molecule has 1 aliphatic rings. The smallest absolute Gasteiger partial charge is 0.225 e. The number of likely N-dealkylation sites (tertiary alicyclic amines) is 1. The van der Waals surface area contributed by atoms with Crippen molar-refractivity contribution in [2.45, 2.75) is 19.0 Å². The Kier molecular flexibility index (Phi) is 5.55. The third kappa shape index (κ3) is 4.29. The summed E-state index contributed by atoms with van der Waals surface area (Å²) in [5.74, 6) is 0.378. The Bertz CT molecular complexity index is 697. The molecule has 25 heavy (non-hydrogen) atoms. The van der Waals surface area contributed by atoms with Crippen LogP contribution in [0.1, 0.15) is 23.8 Å². The molecule has 134 valence electrons. The molecule has 3 rings (SSSR count). The molecule has 6 nitrogen and oxygen atoms in total. The van der Waals surface area contributed by atoms with Crippen molar-refractivity contribution in [2.24, 2.45) is 5.92 Å². The van der Waals surface area contributed by atoms with Crippen LogP contribution in [0.3, 0.4) is 0 Å². The van der Waals surface area contributed by atoms with E-state index in [9.17, 15) is 9.59 Å². The maximum absolute atomic E-state index is 12.5. The zero-order valence-corrected chi connectivity index (χ0v) is 15.3. The molecule has 0 aromatic carbocycles. The average molecular weight is 361 g/mol. The minimum Gasteiger partial charge on any atom is -0.467 e. The number of likely N-dealkylation sites (N-methyl/N-ethyl adjacent to an activating group) is 1. The van der Waals surface area contributed by atoms with Gasteiger partial charge < -0.3 is 19.5 Å². The van der Waals surface area contributed by atoms with E-state index >= 15 is 0 Å². The number of hydrogen-bond acceptors (Lipinski definition) is 5. The summed E-state index contributed by atoms with van der Waals surface area (Å²) in [5, 5.41) is 7.15. The molecular formula is C18H23N3O3S. The molecule has 0 radical (unpaired) electrons. The van der Waals surface area contributed by atoms with Crippen LogP contribution < -0.4 is 5.32 Å². The van der Waals surface area contributed by atoms with E-state index in [0.717, 1.165) is 5.76 Å². The number of thiophene rings is 1. The molecule has 2 amide bonds. The second-order valence-electron chi connectivity index (χ2n) is 6.54. The molecule has 0 aliphatic carbocycles. The Hall–Kier alpha value is -2.12. The lowest BCUT2D eigenvalue weighted by molar-refractivity contribution is -0.129. The molecule has 2 unspecified atom stereocenters. The molecule has 2 aromatic rings. The molecule has 0 bridgehead atoms. The SMILES string of the molecule is CN(C)C(CNC(=O)C1CC(=O)N(Cc2ccco2)C1)c1ccsc1. The number of furan rings is 1. The number of carbonyl (C=O) groups is 2. The summed E-state index contributed by atoms with van der Waals surface area (Å²) in [6.45, 7) is 1.40. The number of rotatable bonds is 7. The fourth-order valence-electron chi connectivity index (χ4n) is 3.10. The first-order chi connectivity index (χ1) is 12.0. The molecular weight excluding hydrogens is 338 g/mol. The van der Waals surface area contributed by atoms with Crippen molar-refractivity contribution in [1.29, 1.82) is 0 Å². The predicted molar refractivity (Wildman–Crippen MR) is 96.0 cm³/mol. The summed E-state index contributed by atoms with van der Waals surface area (Å²) in [4.78, 5) is 28.4. The van der Waals surface area contributed by atoms with Gasteiger partial charge >= 0.3 is 0 Å². The van der Waals surface area contributed by atoms with Crippen LogP contribution in [0.5, 0.6) is 0 Å². The summed E-state index contributed by atoms with van der Waals surface area (Å²) in [6, 6.07) is 5.84. The van der Waals surface area contributed by atoms with Crippen molar-refractivity contribution in [3.63, 3.8) is 0 Å². The first-order valence-corrected chi connectivity index (χ1v) is 9.25. The zero-order chi connectivity index (χ0) is 17.8. The van der Waals surface area contributed by atoms with E-state index in [-0.39, 0.29) is 30.2 Å². The lowest BCUT2D eigenvalue weighted by Gasteiger charge is -2.24. The van der Waals surface area contributed by atoms with Crippen LogP contribution in [0.15, 0.2) is 39.6 Å². The number of amides is 2. The van der Waals surface area contributed by atoms with E-state index in [0.29, 0.717) is 19.6 Å². The molecule has 0 spiro atoms. The summed E-state index contributed by atoms with van der Waals surface area (Å²) in [6.07, 6.45) is 1.85. The topological polar surface area (TPSA) is 65.8 Å². The Morgan fingerprint density at radius 1 is 1.48 bits per heavy atom. The van der Waals surface area contributed by atoms with Crippen molar-refractivity contribution < 1.29 is 14.0 Å². The average Bonchev–Trinajstić information content (AvgIpc) is 3.31. The summed E-state index contributed by atoms with van der Waals surface area (Å²) in [5.41, 5.74) is 1.19. The summed E-state index contributed by atoms with van der Waals surface area (Å²) in [7, 11) is 4.00. The molecule has 1 fully saturated rings. The normalized spacial score (nSPS) is 18.8. The number of nitrogens with zero attached hydrogens (tertiary/aromatic N) is 2. The van der Waals surface area contributed by atoms with Gasteiger partial charge in [-0.05, 0) is 48.6 Å². The maximum atomic E-state index is 12.5. The fraction of sp³-hybridized carbons (Fsp3) is 0.444. The maximum Gasteiger partial charge on any atom is 0.225 e. The Labute approximate surface area is 151 Å². The standard InChI is InChI=1S/C18H23N3O3S/c1-20(2)16(13-5-7-25-12-13)9-19-18(23)14-8-17(22)21(10-14)11-15-4-3-6-24-15/h3-7,12,14,16H,8-11H2,1-2H3,(H,19,23). The van der Waals surface area contributed by atoms with Gasteiger partial charge in [-0.3, -0.25) is 9.59 Å². The molecule has 1 N–H and O–H groups in total. The minimum absolute atomic E-state index is 0.00135. The van der Waals surface area contributed by atoms with Crippen LogP contribution in [-0.2, 0) is 16.1 Å². The van der Waals surface area contributed by atoms with Gasteiger partial charge in [-0.1, -0.05) is 0 Å². The van der Waals surface area contributed by atoms with Gasteiger partial charge in [-0.25, -0.2) is 0 Å². The molecule has 7 heteroatoms. The first-order valence-electron chi connectivity index (χ1n) is 8.31. The molecule has 2 atom stereocenters. The highest BCUT2D eigenvalue weighted by Gasteiger charge is 2.34. The summed E-state index contributed by atoms with van der Waals surface area (Å²) < 4.78 is 5.29. The van der Waals surface area contributed by atoms with Gasteiger partial charge in [0.25, 0.3) is 0 Å². The Balaban J connectivity index is 1.54. The monoisotopic (exact) mass is 361 g/mol. The van der Waals surface area contributed by atoms with Crippen LogP contribution >= 0.6 is 11.3 Å². The van der Waals surface area contributed by atoms with Gasteiger partial charge in [-0.15, -0.1) is 0 Å². The van der Waals surface area contributed by atoms with E-state index in [1.165, 1.54) is 5.56 Å². The van der Waals surface area contributed by atoms with Gasteiger partial charge in [0.05, 0.1) is 24.8 Å². The van der Waals surface area contributed by atoms with E-state index in [2.05, 4.69) is 21.7 Å². The molecule has 1 aliphatic heterocycles. The largest absolute Gasteiger partial charge is 0.467 e. The van der Waals surface area contributed by atoms with Crippen LogP contribution in [-0.4, -0.2) is 48.8 Å². The van der Waals surface area contributed by atoms with Crippen LogP contribution in [0, 0.1) is 5.92 Å². The van der Waals surface area contributed by atoms with Gasteiger partial charge in [0.2, 0.25) is 11.8 Å². The van der Waals surface area contributed by atoms with Crippen molar-refractivity contribution in [1.82, 2.24) is 15.1 Å². The van der Waals surface area contributed by atoms with Gasteiger partial charge in [0.1, 0.15) is 5.76 Å². The lowest BCUT2D eigenvalue weighted by atomic mass is 10.1. The van der Waals surface area contributed by atoms with Gasteiger partial charge in [-0.2, -0.15) is 11.3 Å². The van der Waals surface area contributed by atoms with Crippen molar-refractivity contribution in [3.8, 4) is 0 Å². The predicted octanol–water partition coefficient (Wildman–Crippen LogP) is 2.11. The molecule has 0 saturated carbocycles. The number of nitrogens with one attached hydrogen (secondary N) is 1. The highest BCUT2D eigenvalue weighted by Crippen LogP contribution is 2.22. The Morgan fingerprint density at radius 3 is 2.96 bits per heavy atom. The summed E-state index contributed by atoms with van der Waals surface area (Å²) >= 11 is 1.65. The highest BCUT2D eigenvalue weighted by molar-refractivity contribution is 7.07. The number of hydrogen-bond donors (Lipinski definition) is 1.